The predicted molar refractivity (Wildman–Crippen MR) is 91.5 cm³/mol. The third kappa shape index (κ3) is 3.39. The molecule has 24 heavy (non-hydrogen) atoms. The Balaban J connectivity index is 1.74. The minimum atomic E-state index is -0.450. The van der Waals surface area contributed by atoms with Gasteiger partial charge >= 0.3 is 5.97 Å². The number of hydrogen-bond acceptors (Lipinski definition) is 5. The molecule has 1 aromatic carbocycles. The Bertz CT molecular complexity index is 842. The summed E-state index contributed by atoms with van der Waals surface area (Å²) in [6.45, 7) is 1.92. The molecule has 1 aromatic heterocycles. The Labute approximate surface area is 144 Å². The third-order valence-electron chi connectivity index (χ3n) is 3.65. The van der Waals surface area contributed by atoms with Crippen molar-refractivity contribution in [2.24, 2.45) is 0 Å². The number of ether oxygens (including phenoxy) is 2. The first-order valence-corrected chi connectivity index (χ1v) is 8.32. The van der Waals surface area contributed by atoms with Crippen LogP contribution in [-0.4, -0.2) is 5.97 Å². The standard InChI is InChI=1S/C19H15NO3S/c1-13-16(19(21)22-12-14-6-3-2-4-7-14)10-15(11-20)18(23-13)17-8-5-9-24-17/h2-9H,10,12H2,1H3. The van der Waals surface area contributed by atoms with Crippen LogP contribution in [0.5, 0.6) is 0 Å². The second kappa shape index (κ2) is 7.16. The highest BCUT2D eigenvalue weighted by Gasteiger charge is 2.27. The molecule has 0 spiro atoms. The molecule has 5 heteroatoms. The van der Waals surface area contributed by atoms with Crippen molar-refractivity contribution in [3.63, 3.8) is 0 Å². The molecule has 1 aliphatic heterocycles. The summed E-state index contributed by atoms with van der Waals surface area (Å²) in [6.07, 6.45) is 0.225. The van der Waals surface area contributed by atoms with E-state index in [-0.39, 0.29) is 13.0 Å². The Morgan fingerprint density at radius 3 is 2.75 bits per heavy atom. The minimum absolute atomic E-state index is 0.194. The van der Waals surface area contributed by atoms with Crippen LogP contribution in [0.3, 0.4) is 0 Å². The fourth-order valence-corrected chi connectivity index (χ4v) is 3.11. The van der Waals surface area contributed by atoms with E-state index in [1.165, 1.54) is 11.3 Å². The van der Waals surface area contributed by atoms with Crippen molar-refractivity contribution in [3.05, 3.63) is 75.2 Å². The molecule has 0 fully saturated rings. The van der Waals surface area contributed by atoms with Gasteiger partial charge in [0.15, 0.2) is 5.76 Å². The van der Waals surface area contributed by atoms with Gasteiger partial charge < -0.3 is 9.47 Å². The van der Waals surface area contributed by atoms with E-state index in [2.05, 4.69) is 6.07 Å². The van der Waals surface area contributed by atoms with Gasteiger partial charge in [-0.25, -0.2) is 4.79 Å². The van der Waals surface area contributed by atoms with E-state index in [1.54, 1.807) is 6.92 Å². The van der Waals surface area contributed by atoms with E-state index in [4.69, 9.17) is 9.47 Å². The van der Waals surface area contributed by atoms with Crippen LogP contribution in [0.4, 0.5) is 0 Å². The lowest BCUT2D eigenvalue weighted by Crippen LogP contribution is -2.15. The molecule has 0 radical (unpaired) electrons. The van der Waals surface area contributed by atoms with Crippen molar-refractivity contribution in [1.82, 2.24) is 0 Å². The van der Waals surface area contributed by atoms with Crippen LogP contribution in [-0.2, 0) is 20.9 Å². The maximum atomic E-state index is 12.3. The monoisotopic (exact) mass is 337 g/mol. The molecule has 4 nitrogen and oxygen atoms in total. The molecule has 0 saturated heterocycles. The first-order valence-electron chi connectivity index (χ1n) is 7.45. The molecule has 120 valence electrons. The summed E-state index contributed by atoms with van der Waals surface area (Å²) in [4.78, 5) is 13.2. The van der Waals surface area contributed by atoms with Crippen molar-refractivity contribution in [3.8, 4) is 6.07 Å². The number of nitrogens with zero attached hydrogens (tertiary/aromatic N) is 1. The minimum Gasteiger partial charge on any atom is -0.459 e. The summed E-state index contributed by atoms with van der Waals surface area (Å²) in [7, 11) is 0. The quantitative estimate of drug-likeness (QED) is 0.775. The molecular weight excluding hydrogens is 322 g/mol. The average molecular weight is 337 g/mol. The van der Waals surface area contributed by atoms with Crippen LogP contribution in [0.15, 0.2) is 64.8 Å². The number of esters is 1. The zero-order chi connectivity index (χ0) is 16.9. The summed E-state index contributed by atoms with van der Waals surface area (Å²) in [5.41, 5.74) is 1.74. The fraction of sp³-hybridized carbons (Fsp3) is 0.158. The van der Waals surface area contributed by atoms with E-state index in [1.807, 2.05) is 47.8 Å². The van der Waals surface area contributed by atoms with Crippen LogP contribution in [0, 0.1) is 11.3 Å². The van der Waals surface area contributed by atoms with Gasteiger partial charge in [0, 0.05) is 6.42 Å². The molecule has 3 rings (SSSR count). The molecule has 0 amide bonds. The van der Waals surface area contributed by atoms with Crippen molar-refractivity contribution < 1.29 is 14.3 Å². The highest BCUT2D eigenvalue weighted by Crippen LogP contribution is 2.35. The first-order chi connectivity index (χ1) is 11.7. The predicted octanol–water partition coefficient (Wildman–Crippen LogP) is 4.42. The maximum Gasteiger partial charge on any atom is 0.338 e. The van der Waals surface area contributed by atoms with Gasteiger partial charge in [0.2, 0.25) is 0 Å². The largest absolute Gasteiger partial charge is 0.459 e. The Kier molecular flexibility index (Phi) is 4.78. The Morgan fingerprint density at radius 1 is 1.29 bits per heavy atom. The van der Waals surface area contributed by atoms with Gasteiger partial charge in [0.05, 0.1) is 22.1 Å². The van der Waals surface area contributed by atoms with Crippen LogP contribution in [0.2, 0.25) is 0 Å². The smallest absolute Gasteiger partial charge is 0.338 e. The van der Waals surface area contributed by atoms with Gasteiger partial charge in [0.1, 0.15) is 12.4 Å². The Morgan fingerprint density at radius 2 is 2.08 bits per heavy atom. The number of carbonyl (C=O) groups excluding carboxylic acids is 1. The second-order valence-electron chi connectivity index (χ2n) is 5.27. The second-order valence-corrected chi connectivity index (χ2v) is 6.22. The zero-order valence-electron chi connectivity index (χ0n) is 13.1. The lowest BCUT2D eigenvalue weighted by atomic mass is 10.0. The topological polar surface area (TPSA) is 59.3 Å². The maximum absolute atomic E-state index is 12.3. The molecule has 0 bridgehead atoms. The summed E-state index contributed by atoms with van der Waals surface area (Å²) >= 11 is 1.50. The summed E-state index contributed by atoms with van der Waals surface area (Å²) in [5.74, 6) is 0.564. The highest BCUT2D eigenvalue weighted by atomic mass is 32.1. The van der Waals surface area contributed by atoms with E-state index in [0.29, 0.717) is 22.7 Å². The molecule has 0 N–H and O–H groups in total. The van der Waals surface area contributed by atoms with Crippen molar-refractivity contribution in [2.75, 3.05) is 0 Å². The van der Waals surface area contributed by atoms with E-state index >= 15 is 0 Å². The zero-order valence-corrected chi connectivity index (χ0v) is 13.9. The first kappa shape index (κ1) is 16.0. The normalized spacial score (nSPS) is 14.2. The average Bonchev–Trinajstić information content (AvgIpc) is 3.15. The van der Waals surface area contributed by atoms with Crippen molar-refractivity contribution >= 4 is 23.1 Å². The number of thiophene rings is 1. The molecule has 0 aliphatic carbocycles. The summed E-state index contributed by atoms with van der Waals surface area (Å²) in [6, 6.07) is 15.4. The van der Waals surface area contributed by atoms with Crippen LogP contribution < -0.4 is 0 Å². The van der Waals surface area contributed by atoms with Gasteiger partial charge in [-0.2, -0.15) is 5.26 Å². The number of nitriles is 1. The van der Waals surface area contributed by atoms with Crippen molar-refractivity contribution in [1.29, 1.82) is 5.26 Å². The molecule has 0 unspecified atom stereocenters. The van der Waals surface area contributed by atoms with Gasteiger partial charge in [-0.15, -0.1) is 11.3 Å². The van der Waals surface area contributed by atoms with Gasteiger partial charge in [-0.1, -0.05) is 36.4 Å². The van der Waals surface area contributed by atoms with E-state index in [0.717, 1.165) is 10.4 Å². The molecular formula is C19H15NO3S. The van der Waals surface area contributed by atoms with Gasteiger partial charge in [0.25, 0.3) is 0 Å². The highest BCUT2D eigenvalue weighted by molar-refractivity contribution is 7.11. The van der Waals surface area contributed by atoms with Gasteiger partial charge in [-0.3, -0.25) is 0 Å². The number of allylic oxidation sites excluding steroid dienone is 2. The lowest BCUT2D eigenvalue weighted by Gasteiger charge is -2.20. The van der Waals surface area contributed by atoms with Crippen LogP contribution in [0.1, 0.15) is 23.8 Å². The molecule has 2 heterocycles. The fourth-order valence-electron chi connectivity index (χ4n) is 2.38. The van der Waals surface area contributed by atoms with Gasteiger partial charge in [-0.05, 0) is 23.9 Å². The number of benzene rings is 1. The number of carbonyl (C=O) groups is 1. The Hall–Kier alpha value is -2.84. The summed E-state index contributed by atoms with van der Waals surface area (Å²) in [5, 5.41) is 11.3. The SMILES string of the molecule is CC1=C(C(=O)OCc2ccccc2)CC(C#N)=C(c2cccs2)O1. The molecule has 0 saturated carbocycles. The number of rotatable bonds is 4. The van der Waals surface area contributed by atoms with Crippen LogP contribution >= 0.6 is 11.3 Å². The lowest BCUT2D eigenvalue weighted by molar-refractivity contribution is -0.140. The molecule has 0 atom stereocenters. The third-order valence-corrected chi connectivity index (χ3v) is 4.52. The molecule has 1 aliphatic rings. The number of hydrogen-bond donors (Lipinski definition) is 0. The van der Waals surface area contributed by atoms with Crippen molar-refractivity contribution in [2.45, 2.75) is 20.0 Å². The molecule has 2 aromatic rings. The summed E-state index contributed by atoms with van der Waals surface area (Å²) < 4.78 is 11.1. The van der Waals surface area contributed by atoms with Crippen LogP contribution in [0.25, 0.3) is 5.76 Å². The van der Waals surface area contributed by atoms with E-state index in [9.17, 15) is 10.1 Å². The van der Waals surface area contributed by atoms with E-state index < -0.39 is 5.97 Å².